The second kappa shape index (κ2) is 5.14. The lowest BCUT2D eigenvalue weighted by atomic mass is 9.96. The Bertz CT molecular complexity index is 416. The number of hydrogen-bond acceptors (Lipinski definition) is 4. The third-order valence-corrected chi connectivity index (χ3v) is 2.91. The van der Waals surface area contributed by atoms with E-state index in [4.69, 9.17) is 15.6 Å². The Kier molecular flexibility index (Phi) is 3.58. The van der Waals surface area contributed by atoms with Gasteiger partial charge in [0.05, 0.1) is 0 Å². The number of primary amides is 1. The predicted molar refractivity (Wildman–Crippen MR) is 61.8 cm³/mol. The van der Waals surface area contributed by atoms with Crippen molar-refractivity contribution in [2.24, 2.45) is 5.73 Å². The van der Waals surface area contributed by atoms with Crippen LogP contribution in [-0.4, -0.2) is 28.7 Å². The number of amides is 1. The molecular formula is C12H16N2O3. The van der Waals surface area contributed by atoms with Crippen molar-refractivity contribution >= 4 is 5.91 Å². The van der Waals surface area contributed by atoms with Crippen molar-refractivity contribution in [3.05, 3.63) is 23.4 Å². The molecule has 5 nitrogen and oxygen atoms in total. The summed E-state index contributed by atoms with van der Waals surface area (Å²) in [6, 6.07) is 3.45. The summed E-state index contributed by atoms with van der Waals surface area (Å²) in [7, 11) is 0. The number of rotatable bonds is 5. The zero-order valence-electron chi connectivity index (χ0n) is 9.56. The first-order valence-corrected chi connectivity index (χ1v) is 5.78. The Morgan fingerprint density at radius 1 is 1.53 bits per heavy atom. The summed E-state index contributed by atoms with van der Waals surface area (Å²) in [5.41, 5.74) is 6.10. The second-order valence-electron chi connectivity index (χ2n) is 4.17. The molecule has 0 unspecified atom stereocenters. The van der Waals surface area contributed by atoms with Gasteiger partial charge in [-0.15, -0.1) is 0 Å². The Labute approximate surface area is 99.6 Å². The maximum atomic E-state index is 11.2. The average Bonchev–Trinajstić information content (AvgIpc) is 2.25. The Hall–Kier alpha value is -1.62. The summed E-state index contributed by atoms with van der Waals surface area (Å²) < 4.78 is 5.59. The predicted octanol–water partition coefficient (Wildman–Crippen LogP) is 0.647. The van der Waals surface area contributed by atoms with E-state index < -0.39 is 5.91 Å². The SMILES string of the molecule is NC(=O)c1nc(OC2CCC2)ccc1CCO. The molecule has 17 heavy (non-hydrogen) atoms. The molecule has 1 fully saturated rings. The van der Waals surface area contributed by atoms with Crippen LogP contribution >= 0.6 is 0 Å². The maximum Gasteiger partial charge on any atom is 0.267 e. The van der Waals surface area contributed by atoms with Gasteiger partial charge in [-0.2, -0.15) is 0 Å². The first-order chi connectivity index (χ1) is 8.20. The number of carbonyl (C=O) groups is 1. The van der Waals surface area contributed by atoms with Gasteiger partial charge in [-0.1, -0.05) is 6.07 Å². The number of nitrogens with zero attached hydrogens (tertiary/aromatic N) is 1. The van der Waals surface area contributed by atoms with Gasteiger partial charge in [0, 0.05) is 12.7 Å². The van der Waals surface area contributed by atoms with Crippen molar-refractivity contribution in [3.63, 3.8) is 0 Å². The highest BCUT2D eigenvalue weighted by atomic mass is 16.5. The summed E-state index contributed by atoms with van der Waals surface area (Å²) in [5.74, 6) is -0.155. The van der Waals surface area contributed by atoms with Gasteiger partial charge in [0.15, 0.2) is 0 Å². The molecule has 92 valence electrons. The van der Waals surface area contributed by atoms with Crippen LogP contribution in [0.25, 0.3) is 0 Å². The molecule has 1 aromatic rings. The van der Waals surface area contributed by atoms with Crippen molar-refractivity contribution in [2.45, 2.75) is 31.8 Å². The molecule has 3 N–H and O–H groups in total. The van der Waals surface area contributed by atoms with Crippen molar-refractivity contribution < 1.29 is 14.6 Å². The van der Waals surface area contributed by atoms with E-state index in [-0.39, 0.29) is 18.4 Å². The minimum atomic E-state index is -0.590. The molecule has 1 amide bonds. The smallest absolute Gasteiger partial charge is 0.267 e. The molecular weight excluding hydrogens is 220 g/mol. The molecule has 0 saturated heterocycles. The Morgan fingerprint density at radius 3 is 2.82 bits per heavy atom. The molecule has 0 atom stereocenters. The van der Waals surface area contributed by atoms with E-state index in [9.17, 15) is 4.79 Å². The number of carbonyl (C=O) groups excluding carboxylic acids is 1. The van der Waals surface area contributed by atoms with Gasteiger partial charge in [-0.25, -0.2) is 4.98 Å². The summed E-state index contributed by atoms with van der Waals surface area (Å²) >= 11 is 0. The molecule has 1 heterocycles. The Morgan fingerprint density at radius 2 is 2.29 bits per heavy atom. The maximum absolute atomic E-state index is 11.2. The van der Waals surface area contributed by atoms with Crippen LogP contribution < -0.4 is 10.5 Å². The number of pyridine rings is 1. The molecule has 2 rings (SSSR count). The highest BCUT2D eigenvalue weighted by Gasteiger charge is 2.20. The summed E-state index contributed by atoms with van der Waals surface area (Å²) in [4.78, 5) is 15.3. The Balaban J connectivity index is 2.18. The molecule has 0 aromatic carbocycles. The largest absolute Gasteiger partial charge is 0.474 e. The summed E-state index contributed by atoms with van der Waals surface area (Å²) in [6.45, 7) is -0.0369. The number of aromatic nitrogens is 1. The van der Waals surface area contributed by atoms with Gasteiger partial charge in [-0.3, -0.25) is 4.79 Å². The van der Waals surface area contributed by atoms with E-state index >= 15 is 0 Å². The van der Waals surface area contributed by atoms with Crippen LogP contribution in [0.5, 0.6) is 5.88 Å². The van der Waals surface area contributed by atoms with Gasteiger partial charge in [0.2, 0.25) is 5.88 Å². The lowest BCUT2D eigenvalue weighted by Crippen LogP contribution is -2.25. The minimum absolute atomic E-state index is 0.0369. The van der Waals surface area contributed by atoms with Gasteiger partial charge in [0.25, 0.3) is 5.91 Å². The summed E-state index contributed by atoms with van der Waals surface area (Å²) in [6.07, 6.45) is 3.83. The number of hydrogen-bond donors (Lipinski definition) is 2. The fourth-order valence-electron chi connectivity index (χ4n) is 1.73. The van der Waals surface area contributed by atoms with Gasteiger partial charge in [0.1, 0.15) is 11.8 Å². The highest BCUT2D eigenvalue weighted by Crippen LogP contribution is 2.24. The lowest BCUT2D eigenvalue weighted by molar-refractivity contribution is 0.0982. The fourth-order valence-corrected chi connectivity index (χ4v) is 1.73. The summed E-state index contributed by atoms with van der Waals surface area (Å²) in [5, 5.41) is 8.88. The minimum Gasteiger partial charge on any atom is -0.474 e. The average molecular weight is 236 g/mol. The van der Waals surface area contributed by atoms with Crippen LogP contribution in [0, 0.1) is 0 Å². The zero-order chi connectivity index (χ0) is 12.3. The molecule has 1 aromatic heterocycles. The van der Waals surface area contributed by atoms with Crippen molar-refractivity contribution in [1.29, 1.82) is 0 Å². The quantitative estimate of drug-likeness (QED) is 0.785. The topological polar surface area (TPSA) is 85.4 Å². The zero-order valence-corrected chi connectivity index (χ0v) is 9.56. The number of ether oxygens (including phenoxy) is 1. The number of aliphatic hydroxyl groups is 1. The van der Waals surface area contributed by atoms with Crippen LogP contribution in [-0.2, 0) is 6.42 Å². The molecule has 1 aliphatic carbocycles. The van der Waals surface area contributed by atoms with E-state index in [1.54, 1.807) is 12.1 Å². The lowest BCUT2D eigenvalue weighted by Gasteiger charge is -2.25. The van der Waals surface area contributed by atoms with Crippen LogP contribution in [0.15, 0.2) is 12.1 Å². The van der Waals surface area contributed by atoms with Gasteiger partial charge in [-0.05, 0) is 31.2 Å². The van der Waals surface area contributed by atoms with Crippen LogP contribution in [0.3, 0.4) is 0 Å². The van der Waals surface area contributed by atoms with Crippen LogP contribution in [0.2, 0.25) is 0 Å². The monoisotopic (exact) mass is 236 g/mol. The van der Waals surface area contributed by atoms with Crippen molar-refractivity contribution in [3.8, 4) is 5.88 Å². The van der Waals surface area contributed by atoms with E-state index in [1.165, 1.54) is 6.42 Å². The van der Waals surface area contributed by atoms with E-state index in [2.05, 4.69) is 4.98 Å². The van der Waals surface area contributed by atoms with Gasteiger partial charge >= 0.3 is 0 Å². The highest BCUT2D eigenvalue weighted by molar-refractivity contribution is 5.92. The van der Waals surface area contributed by atoms with E-state index in [0.717, 1.165) is 12.8 Å². The first-order valence-electron chi connectivity index (χ1n) is 5.78. The first kappa shape index (κ1) is 11.9. The molecule has 0 bridgehead atoms. The van der Waals surface area contributed by atoms with Crippen LogP contribution in [0.1, 0.15) is 35.3 Å². The van der Waals surface area contributed by atoms with Crippen LogP contribution in [0.4, 0.5) is 0 Å². The van der Waals surface area contributed by atoms with Gasteiger partial charge < -0.3 is 15.6 Å². The fraction of sp³-hybridized carbons (Fsp3) is 0.500. The molecule has 1 aliphatic rings. The second-order valence-corrected chi connectivity index (χ2v) is 4.17. The van der Waals surface area contributed by atoms with Crippen molar-refractivity contribution in [2.75, 3.05) is 6.61 Å². The third kappa shape index (κ3) is 2.74. The van der Waals surface area contributed by atoms with Crippen molar-refractivity contribution in [1.82, 2.24) is 4.98 Å². The van der Waals surface area contributed by atoms with E-state index in [1.807, 2.05) is 0 Å². The molecule has 5 heteroatoms. The molecule has 0 radical (unpaired) electrons. The number of nitrogens with two attached hydrogens (primary N) is 1. The normalized spacial score (nSPS) is 15.4. The third-order valence-electron chi connectivity index (χ3n) is 2.91. The molecule has 1 saturated carbocycles. The standard InChI is InChI=1S/C12H16N2O3/c13-12(16)11-8(6-7-15)4-5-10(14-11)17-9-2-1-3-9/h4-5,9,15H,1-3,6-7H2,(H2,13,16). The molecule has 0 aliphatic heterocycles. The van der Waals surface area contributed by atoms with E-state index in [0.29, 0.717) is 17.9 Å². The molecule has 0 spiro atoms. The number of aliphatic hydroxyl groups excluding tert-OH is 1.